The number of ether oxygens (including phenoxy) is 3. The number of nitrogens with one attached hydrogen (secondary N) is 1. The molecule has 1 unspecified atom stereocenters. The maximum Gasteiger partial charge on any atom is 0.331 e. The molecule has 1 atom stereocenters. The van der Waals surface area contributed by atoms with E-state index in [9.17, 15) is 9.59 Å². The van der Waals surface area contributed by atoms with Gasteiger partial charge in [0.1, 0.15) is 17.2 Å². The van der Waals surface area contributed by atoms with Crippen molar-refractivity contribution in [3.05, 3.63) is 17.7 Å². The maximum absolute atomic E-state index is 11.2. The summed E-state index contributed by atoms with van der Waals surface area (Å²) in [7, 11) is 4.24. The van der Waals surface area contributed by atoms with Crippen molar-refractivity contribution in [3.63, 3.8) is 0 Å². The van der Waals surface area contributed by atoms with Gasteiger partial charge in [-0.15, -0.1) is 0 Å². The van der Waals surface area contributed by atoms with Gasteiger partial charge < -0.3 is 24.6 Å². The predicted molar refractivity (Wildman–Crippen MR) is 65.7 cm³/mol. The molecule has 7 nitrogen and oxygen atoms in total. The van der Waals surface area contributed by atoms with Crippen molar-refractivity contribution in [1.29, 1.82) is 0 Å². The van der Waals surface area contributed by atoms with Crippen LogP contribution in [-0.4, -0.2) is 38.8 Å². The minimum atomic E-state index is -1.27. The predicted octanol–water partition coefficient (Wildman–Crippen LogP) is 0.584. The second-order valence-electron chi connectivity index (χ2n) is 3.50. The average Bonchev–Trinajstić information content (AvgIpc) is 2.43. The van der Waals surface area contributed by atoms with E-state index in [2.05, 4.69) is 5.32 Å². The molecule has 0 aliphatic rings. The van der Waals surface area contributed by atoms with Crippen molar-refractivity contribution < 1.29 is 28.9 Å². The molecule has 0 bridgehead atoms. The summed E-state index contributed by atoms with van der Waals surface area (Å²) < 4.78 is 15.3. The summed E-state index contributed by atoms with van der Waals surface area (Å²) in [6.07, 6.45) is 0.307. The first-order chi connectivity index (χ1) is 9.08. The maximum atomic E-state index is 11.2. The third kappa shape index (κ3) is 3.06. The Hall–Kier alpha value is -2.44. The number of hydrogen-bond acceptors (Lipinski definition) is 5. The van der Waals surface area contributed by atoms with Gasteiger partial charge in [0.15, 0.2) is 6.04 Å². The summed E-state index contributed by atoms with van der Waals surface area (Å²) in [5, 5.41) is 11.4. The fourth-order valence-electron chi connectivity index (χ4n) is 1.66. The molecular formula is C12H15NO6. The van der Waals surface area contributed by atoms with E-state index in [4.69, 9.17) is 19.3 Å². The van der Waals surface area contributed by atoms with Crippen LogP contribution in [-0.2, 0) is 9.59 Å². The van der Waals surface area contributed by atoms with Crippen LogP contribution in [0.5, 0.6) is 17.2 Å². The van der Waals surface area contributed by atoms with E-state index in [1.165, 1.54) is 33.5 Å². The summed E-state index contributed by atoms with van der Waals surface area (Å²) >= 11 is 0. The second kappa shape index (κ2) is 6.48. The monoisotopic (exact) mass is 269 g/mol. The number of carbonyl (C=O) groups excluding carboxylic acids is 1. The van der Waals surface area contributed by atoms with Crippen molar-refractivity contribution in [2.24, 2.45) is 0 Å². The van der Waals surface area contributed by atoms with Crippen LogP contribution >= 0.6 is 0 Å². The molecule has 2 N–H and O–H groups in total. The van der Waals surface area contributed by atoms with E-state index in [-0.39, 0.29) is 17.1 Å². The molecule has 7 heteroatoms. The van der Waals surface area contributed by atoms with Gasteiger partial charge in [-0.3, -0.25) is 4.79 Å². The van der Waals surface area contributed by atoms with Gasteiger partial charge in [0, 0.05) is 12.1 Å². The SMILES string of the molecule is COc1cc(OC)c(C(NC=O)C(=O)O)c(OC)c1. The zero-order valence-corrected chi connectivity index (χ0v) is 10.8. The van der Waals surface area contributed by atoms with E-state index in [0.29, 0.717) is 12.2 Å². The first-order valence-electron chi connectivity index (χ1n) is 5.31. The van der Waals surface area contributed by atoms with Crippen LogP contribution in [0.15, 0.2) is 12.1 Å². The van der Waals surface area contributed by atoms with E-state index < -0.39 is 12.0 Å². The summed E-state index contributed by atoms with van der Waals surface area (Å²) in [4.78, 5) is 21.8. The summed E-state index contributed by atoms with van der Waals surface area (Å²) in [5.74, 6) is -0.280. The summed E-state index contributed by atoms with van der Waals surface area (Å²) in [6.45, 7) is 0. The Bertz CT molecular complexity index is 448. The molecule has 0 fully saturated rings. The van der Waals surface area contributed by atoms with Gasteiger partial charge in [-0.05, 0) is 0 Å². The van der Waals surface area contributed by atoms with Gasteiger partial charge in [0.2, 0.25) is 6.41 Å². The highest BCUT2D eigenvalue weighted by atomic mass is 16.5. The molecule has 0 aliphatic carbocycles. The Morgan fingerprint density at radius 2 is 1.74 bits per heavy atom. The fraction of sp³-hybridized carbons (Fsp3) is 0.333. The van der Waals surface area contributed by atoms with Crippen molar-refractivity contribution >= 4 is 12.4 Å². The molecule has 104 valence electrons. The summed E-state index contributed by atoms with van der Waals surface area (Å²) in [6, 6.07) is 1.76. The van der Waals surface area contributed by atoms with Crippen LogP contribution in [0.2, 0.25) is 0 Å². The molecule has 1 amide bonds. The molecule has 0 aliphatic heterocycles. The molecule has 0 saturated heterocycles. The molecule has 1 aromatic rings. The standard InChI is InChI=1S/C12H15NO6/c1-17-7-4-8(18-2)10(9(5-7)19-3)11(12(15)16)13-6-14/h4-6,11H,1-3H3,(H,13,14)(H,15,16). The van der Waals surface area contributed by atoms with Gasteiger partial charge in [-0.1, -0.05) is 0 Å². The lowest BCUT2D eigenvalue weighted by atomic mass is 10.0. The zero-order chi connectivity index (χ0) is 14.4. The third-order valence-corrected chi connectivity index (χ3v) is 2.52. The Morgan fingerprint density at radius 1 is 1.21 bits per heavy atom. The van der Waals surface area contributed by atoms with Crippen LogP contribution in [0.3, 0.4) is 0 Å². The number of benzene rings is 1. The lowest BCUT2D eigenvalue weighted by Crippen LogP contribution is -2.28. The van der Waals surface area contributed by atoms with E-state index in [0.717, 1.165) is 0 Å². The highest BCUT2D eigenvalue weighted by Gasteiger charge is 2.27. The van der Waals surface area contributed by atoms with Crippen LogP contribution in [0.25, 0.3) is 0 Å². The average molecular weight is 269 g/mol. The lowest BCUT2D eigenvalue weighted by molar-refractivity contribution is -0.140. The Morgan fingerprint density at radius 3 is 2.05 bits per heavy atom. The molecule has 1 aromatic carbocycles. The van der Waals surface area contributed by atoms with Crippen LogP contribution < -0.4 is 19.5 Å². The number of methoxy groups -OCH3 is 3. The zero-order valence-electron chi connectivity index (χ0n) is 10.8. The highest BCUT2D eigenvalue weighted by molar-refractivity contribution is 5.80. The smallest absolute Gasteiger partial charge is 0.331 e. The molecular weight excluding hydrogens is 254 g/mol. The van der Waals surface area contributed by atoms with Crippen molar-refractivity contribution in [3.8, 4) is 17.2 Å². The van der Waals surface area contributed by atoms with Crippen molar-refractivity contribution in [1.82, 2.24) is 5.32 Å². The Balaban J connectivity index is 3.44. The van der Waals surface area contributed by atoms with Gasteiger partial charge in [0.25, 0.3) is 0 Å². The van der Waals surface area contributed by atoms with Gasteiger partial charge in [-0.2, -0.15) is 0 Å². The first kappa shape index (κ1) is 14.6. The number of carboxylic acids is 1. The van der Waals surface area contributed by atoms with Gasteiger partial charge in [-0.25, -0.2) is 4.79 Å². The second-order valence-corrected chi connectivity index (χ2v) is 3.50. The van der Waals surface area contributed by atoms with Crippen molar-refractivity contribution in [2.75, 3.05) is 21.3 Å². The molecule has 0 spiro atoms. The van der Waals surface area contributed by atoms with E-state index in [1.807, 2.05) is 0 Å². The molecule has 0 saturated carbocycles. The molecule has 0 radical (unpaired) electrons. The number of carbonyl (C=O) groups is 2. The molecule has 19 heavy (non-hydrogen) atoms. The fourth-order valence-corrected chi connectivity index (χ4v) is 1.66. The Labute approximate surface area is 110 Å². The van der Waals surface area contributed by atoms with Crippen molar-refractivity contribution in [2.45, 2.75) is 6.04 Å². The number of aliphatic carboxylic acids is 1. The minimum absolute atomic E-state index is 0.213. The topological polar surface area (TPSA) is 94.1 Å². The molecule has 1 rings (SSSR count). The molecule has 0 aromatic heterocycles. The third-order valence-electron chi connectivity index (χ3n) is 2.52. The van der Waals surface area contributed by atoms with Gasteiger partial charge >= 0.3 is 5.97 Å². The Kier molecular flexibility index (Phi) is 4.99. The lowest BCUT2D eigenvalue weighted by Gasteiger charge is -2.19. The van der Waals surface area contributed by atoms with Crippen LogP contribution in [0.4, 0.5) is 0 Å². The molecule has 0 heterocycles. The van der Waals surface area contributed by atoms with Crippen LogP contribution in [0, 0.1) is 0 Å². The quantitative estimate of drug-likeness (QED) is 0.703. The highest BCUT2D eigenvalue weighted by Crippen LogP contribution is 2.38. The number of rotatable bonds is 7. The van der Waals surface area contributed by atoms with Crippen LogP contribution in [0.1, 0.15) is 11.6 Å². The largest absolute Gasteiger partial charge is 0.496 e. The normalized spacial score (nSPS) is 11.3. The van der Waals surface area contributed by atoms with E-state index in [1.54, 1.807) is 0 Å². The number of carboxylic acid groups (broad SMARTS) is 1. The minimum Gasteiger partial charge on any atom is -0.496 e. The number of hydrogen-bond donors (Lipinski definition) is 2. The summed E-state index contributed by atoms with van der Waals surface area (Å²) in [5.41, 5.74) is 0.213. The van der Waals surface area contributed by atoms with Gasteiger partial charge in [0.05, 0.1) is 26.9 Å². The van der Waals surface area contributed by atoms with E-state index >= 15 is 0 Å². The number of amides is 1. The first-order valence-corrected chi connectivity index (χ1v) is 5.31.